The van der Waals surface area contributed by atoms with Crippen LogP contribution < -0.4 is 15.2 Å². The van der Waals surface area contributed by atoms with E-state index in [0.717, 1.165) is 29.0 Å². The van der Waals surface area contributed by atoms with E-state index in [9.17, 15) is 4.79 Å². The second-order valence-electron chi connectivity index (χ2n) is 6.56. The molecule has 0 radical (unpaired) electrons. The summed E-state index contributed by atoms with van der Waals surface area (Å²) in [5, 5.41) is 7.42. The van der Waals surface area contributed by atoms with Crippen LogP contribution in [0.5, 0.6) is 11.5 Å². The first-order valence-corrected chi connectivity index (χ1v) is 9.02. The Labute approximate surface area is 158 Å². The maximum atomic E-state index is 11.7. The molecule has 3 rings (SSSR count). The van der Waals surface area contributed by atoms with Gasteiger partial charge in [0.1, 0.15) is 23.9 Å². The number of nitrogen functional groups attached to an aromatic ring is 1. The zero-order valence-electron chi connectivity index (χ0n) is 15.4. The molecule has 2 aromatic carbocycles. The maximum Gasteiger partial charge on any atom is 0.306 e. The zero-order valence-corrected chi connectivity index (χ0v) is 15.4. The topological polar surface area (TPSA) is 94.6 Å². The summed E-state index contributed by atoms with van der Waals surface area (Å²) in [5.41, 5.74) is 8.19. The van der Waals surface area contributed by atoms with Gasteiger partial charge in [-0.1, -0.05) is 24.3 Å². The molecule has 1 aliphatic heterocycles. The molecular weight excluding hydrogens is 344 g/mol. The molecule has 1 unspecified atom stereocenters. The zero-order chi connectivity index (χ0) is 19.2. The molecule has 1 aliphatic rings. The minimum Gasteiger partial charge on any atom is -0.493 e. The van der Waals surface area contributed by atoms with Crippen LogP contribution in [0.15, 0.2) is 42.5 Å². The second-order valence-corrected chi connectivity index (χ2v) is 6.56. The third-order valence-corrected chi connectivity index (χ3v) is 4.45. The van der Waals surface area contributed by atoms with Gasteiger partial charge in [-0.2, -0.15) is 0 Å². The minimum absolute atomic E-state index is 0.0505. The highest BCUT2D eigenvalue weighted by molar-refractivity contribution is 5.94. The average molecular weight is 368 g/mol. The molecule has 1 heterocycles. The summed E-state index contributed by atoms with van der Waals surface area (Å²) >= 11 is 0. The van der Waals surface area contributed by atoms with E-state index in [0.29, 0.717) is 31.8 Å². The first-order chi connectivity index (χ1) is 13.0. The fourth-order valence-electron chi connectivity index (χ4n) is 3.06. The van der Waals surface area contributed by atoms with Crippen molar-refractivity contribution in [1.29, 1.82) is 5.41 Å². The highest BCUT2D eigenvalue weighted by Gasteiger charge is 2.23. The summed E-state index contributed by atoms with van der Waals surface area (Å²) in [5.74, 6) is 1.58. The Morgan fingerprint density at radius 1 is 1.26 bits per heavy atom. The molecule has 0 bridgehead atoms. The lowest BCUT2D eigenvalue weighted by Crippen LogP contribution is -2.24. The number of amidine groups is 1. The summed E-state index contributed by atoms with van der Waals surface area (Å²) in [6, 6.07) is 13.2. The van der Waals surface area contributed by atoms with Crippen molar-refractivity contribution in [3.8, 4) is 11.5 Å². The van der Waals surface area contributed by atoms with Crippen molar-refractivity contribution >= 4 is 11.8 Å². The van der Waals surface area contributed by atoms with Crippen LogP contribution in [-0.2, 0) is 22.6 Å². The summed E-state index contributed by atoms with van der Waals surface area (Å²) in [7, 11) is 0. The minimum atomic E-state index is -0.184. The van der Waals surface area contributed by atoms with Crippen LogP contribution in [0, 0.1) is 11.3 Å². The smallest absolute Gasteiger partial charge is 0.306 e. The van der Waals surface area contributed by atoms with E-state index in [-0.39, 0.29) is 17.7 Å². The third-order valence-electron chi connectivity index (χ3n) is 4.45. The Bertz CT molecular complexity index is 817. The Balaban J connectivity index is 1.60. The van der Waals surface area contributed by atoms with E-state index in [1.807, 2.05) is 49.4 Å². The van der Waals surface area contributed by atoms with Crippen molar-refractivity contribution in [2.75, 3.05) is 13.2 Å². The lowest BCUT2D eigenvalue weighted by Gasteiger charge is -2.25. The first-order valence-electron chi connectivity index (χ1n) is 9.02. The van der Waals surface area contributed by atoms with Crippen molar-refractivity contribution in [3.63, 3.8) is 0 Å². The molecule has 0 fully saturated rings. The molecule has 0 saturated carbocycles. The molecule has 6 nitrogen and oxygen atoms in total. The van der Waals surface area contributed by atoms with E-state index in [1.165, 1.54) is 0 Å². The van der Waals surface area contributed by atoms with Crippen LogP contribution in [0.3, 0.4) is 0 Å². The lowest BCUT2D eigenvalue weighted by atomic mass is 9.94. The number of rotatable bonds is 7. The van der Waals surface area contributed by atoms with Crippen LogP contribution >= 0.6 is 0 Å². The SMILES string of the molecule is CCOC(=O)CC1COc2ccc(OCc3ccc(C(=N)N)cc3)cc2C1. The highest BCUT2D eigenvalue weighted by atomic mass is 16.5. The molecule has 0 saturated heterocycles. The van der Waals surface area contributed by atoms with E-state index in [2.05, 4.69) is 0 Å². The molecule has 0 spiro atoms. The molecule has 0 aromatic heterocycles. The Kier molecular flexibility index (Phi) is 5.96. The second kappa shape index (κ2) is 8.58. The number of esters is 1. The van der Waals surface area contributed by atoms with Gasteiger partial charge >= 0.3 is 5.97 Å². The van der Waals surface area contributed by atoms with Gasteiger partial charge < -0.3 is 19.9 Å². The van der Waals surface area contributed by atoms with E-state index >= 15 is 0 Å². The molecule has 0 amide bonds. The average Bonchev–Trinajstić information content (AvgIpc) is 2.66. The summed E-state index contributed by atoms with van der Waals surface area (Å²) in [4.78, 5) is 11.7. The Hall–Kier alpha value is -3.02. The Morgan fingerprint density at radius 3 is 2.74 bits per heavy atom. The fourth-order valence-corrected chi connectivity index (χ4v) is 3.06. The summed E-state index contributed by atoms with van der Waals surface area (Å²) in [6.07, 6.45) is 1.12. The van der Waals surface area contributed by atoms with Gasteiger partial charge in [-0.25, -0.2) is 0 Å². The van der Waals surface area contributed by atoms with Crippen molar-refractivity contribution in [3.05, 3.63) is 59.2 Å². The van der Waals surface area contributed by atoms with E-state index < -0.39 is 0 Å². The van der Waals surface area contributed by atoms with Gasteiger partial charge in [0.2, 0.25) is 0 Å². The first kappa shape index (κ1) is 18.8. The molecule has 3 N–H and O–H groups in total. The van der Waals surface area contributed by atoms with Gasteiger partial charge in [0, 0.05) is 11.5 Å². The predicted molar refractivity (Wildman–Crippen MR) is 102 cm³/mol. The highest BCUT2D eigenvalue weighted by Crippen LogP contribution is 2.32. The van der Waals surface area contributed by atoms with Crippen LogP contribution in [-0.4, -0.2) is 25.0 Å². The van der Waals surface area contributed by atoms with Gasteiger partial charge in [-0.05, 0) is 42.7 Å². The van der Waals surface area contributed by atoms with E-state index in [4.69, 9.17) is 25.4 Å². The standard InChI is InChI=1S/C21H24N2O4/c1-2-25-20(24)10-15-9-17-11-18(7-8-19(17)27-13-15)26-12-14-3-5-16(6-4-14)21(22)23/h3-8,11,15H,2,9-10,12-13H2,1H3,(H3,22,23). The summed E-state index contributed by atoms with van der Waals surface area (Å²) in [6.45, 7) is 3.15. The van der Waals surface area contributed by atoms with Gasteiger partial charge in [0.25, 0.3) is 0 Å². The normalized spacial score (nSPS) is 15.4. The van der Waals surface area contributed by atoms with E-state index in [1.54, 1.807) is 0 Å². The maximum absolute atomic E-state index is 11.7. The molecule has 6 heteroatoms. The van der Waals surface area contributed by atoms with Crippen molar-refractivity contribution in [2.45, 2.75) is 26.4 Å². The van der Waals surface area contributed by atoms with Crippen LogP contribution in [0.1, 0.15) is 30.0 Å². The monoisotopic (exact) mass is 368 g/mol. The molecule has 0 aliphatic carbocycles. The number of carbonyl (C=O) groups excluding carboxylic acids is 1. The number of fused-ring (bicyclic) bond motifs is 1. The van der Waals surface area contributed by atoms with Crippen molar-refractivity contribution in [1.82, 2.24) is 0 Å². The molecule has 27 heavy (non-hydrogen) atoms. The molecule has 2 aromatic rings. The van der Waals surface area contributed by atoms with Crippen LogP contribution in [0.4, 0.5) is 0 Å². The van der Waals surface area contributed by atoms with Crippen LogP contribution in [0.2, 0.25) is 0 Å². The quantitative estimate of drug-likeness (QED) is 0.445. The molecule has 142 valence electrons. The Morgan fingerprint density at radius 2 is 2.04 bits per heavy atom. The van der Waals surface area contributed by atoms with Crippen molar-refractivity contribution in [2.24, 2.45) is 11.7 Å². The number of nitrogens with two attached hydrogens (primary N) is 1. The molecule has 1 atom stereocenters. The van der Waals surface area contributed by atoms with Crippen LogP contribution in [0.25, 0.3) is 0 Å². The predicted octanol–water partition coefficient (Wildman–Crippen LogP) is 3.05. The fraction of sp³-hybridized carbons (Fsp3) is 0.333. The van der Waals surface area contributed by atoms with Gasteiger partial charge in [-0.3, -0.25) is 10.2 Å². The largest absolute Gasteiger partial charge is 0.493 e. The van der Waals surface area contributed by atoms with Gasteiger partial charge in [0.05, 0.1) is 19.6 Å². The number of hydrogen-bond acceptors (Lipinski definition) is 5. The number of benzene rings is 2. The number of ether oxygens (including phenoxy) is 3. The molecular formula is C21H24N2O4. The third kappa shape index (κ3) is 5.00. The van der Waals surface area contributed by atoms with Crippen molar-refractivity contribution < 1.29 is 19.0 Å². The summed E-state index contributed by atoms with van der Waals surface area (Å²) < 4.78 is 16.7. The number of hydrogen-bond donors (Lipinski definition) is 2. The number of carbonyl (C=O) groups is 1. The number of nitrogens with one attached hydrogen (secondary N) is 1. The lowest BCUT2D eigenvalue weighted by molar-refractivity contribution is -0.144. The van der Waals surface area contributed by atoms with Gasteiger partial charge in [0.15, 0.2) is 0 Å². The van der Waals surface area contributed by atoms with Gasteiger partial charge in [-0.15, -0.1) is 0 Å².